The quantitative estimate of drug-likeness (QED) is 0.201. The lowest BCUT2D eigenvalue weighted by Gasteiger charge is -2.10. The number of Topliss-reactive ketones (excluding diaryl/α,β-unsaturated/α-hetero) is 2. The highest BCUT2D eigenvalue weighted by atomic mass is 32.1. The van der Waals surface area contributed by atoms with E-state index in [4.69, 9.17) is 5.11 Å². The second-order valence-corrected chi connectivity index (χ2v) is 10.9. The lowest BCUT2D eigenvalue weighted by molar-refractivity contribution is -0.136. The van der Waals surface area contributed by atoms with Crippen LogP contribution in [0.5, 0.6) is 0 Å². The van der Waals surface area contributed by atoms with E-state index in [-0.39, 0.29) is 24.4 Å². The van der Waals surface area contributed by atoms with Crippen LogP contribution < -0.4 is 0 Å². The van der Waals surface area contributed by atoms with Crippen molar-refractivity contribution in [2.24, 2.45) is 0 Å². The molecule has 0 aliphatic rings. The molecule has 36 heavy (non-hydrogen) atoms. The lowest BCUT2D eigenvalue weighted by atomic mass is 9.94. The number of fused-ring (bicyclic) bond motifs is 2. The van der Waals surface area contributed by atoms with Gasteiger partial charge in [-0.25, -0.2) is 0 Å². The van der Waals surface area contributed by atoms with Crippen LogP contribution in [0.2, 0.25) is 0 Å². The van der Waals surface area contributed by atoms with Gasteiger partial charge in [0.1, 0.15) is 0 Å². The third-order valence-electron chi connectivity index (χ3n) is 6.18. The van der Waals surface area contributed by atoms with Crippen molar-refractivity contribution >= 4 is 60.4 Å². The third kappa shape index (κ3) is 4.87. The molecule has 0 saturated carbocycles. The van der Waals surface area contributed by atoms with E-state index in [9.17, 15) is 14.4 Å². The minimum atomic E-state index is -0.965. The fourth-order valence-corrected chi connectivity index (χ4v) is 6.49. The third-order valence-corrected chi connectivity index (χ3v) is 8.46. The van der Waals surface area contributed by atoms with E-state index in [1.165, 1.54) is 11.3 Å². The fraction of sp³-hybridized carbons (Fsp3) is 0.167. The Morgan fingerprint density at radius 1 is 0.667 bits per heavy atom. The van der Waals surface area contributed by atoms with Crippen molar-refractivity contribution < 1.29 is 19.5 Å². The van der Waals surface area contributed by atoms with Crippen LogP contribution in [0.4, 0.5) is 0 Å². The Kier molecular flexibility index (Phi) is 6.81. The molecule has 0 atom stereocenters. The summed E-state index contributed by atoms with van der Waals surface area (Å²) in [6.45, 7) is 2.02. The summed E-state index contributed by atoms with van der Waals surface area (Å²) in [5.74, 6) is -0.903. The molecule has 3 aromatic carbocycles. The second kappa shape index (κ2) is 10.2. The van der Waals surface area contributed by atoms with Crippen molar-refractivity contribution in [1.82, 2.24) is 0 Å². The molecule has 0 amide bonds. The number of carbonyl (C=O) groups excluding carboxylic acids is 2. The van der Waals surface area contributed by atoms with Crippen LogP contribution in [-0.2, 0) is 4.79 Å². The summed E-state index contributed by atoms with van der Waals surface area (Å²) >= 11 is 2.96. The Hall–Kier alpha value is -3.61. The minimum absolute atomic E-state index is 0.00873. The number of carboxylic acid groups (broad SMARTS) is 1. The number of aliphatic carboxylic acids is 1. The summed E-state index contributed by atoms with van der Waals surface area (Å²) in [6, 6.07) is 24.6. The van der Waals surface area contributed by atoms with Crippen molar-refractivity contribution in [3.8, 4) is 22.3 Å². The van der Waals surface area contributed by atoms with E-state index >= 15 is 0 Å². The topological polar surface area (TPSA) is 71.4 Å². The molecule has 0 spiro atoms. The summed E-state index contributed by atoms with van der Waals surface area (Å²) in [5, 5.41) is 10.9. The summed E-state index contributed by atoms with van der Waals surface area (Å²) < 4.78 is 2.09. The maximum atomic E-state index is 12.4. The molecule has 4 nitrogen and oxygen atoms in total. The summed E-state index contributed by atoms with van der Waals surface area (Å²) in [4.78, 5) is 37.0. The largest absolute Gasteiger partial charge is 0.481 e. The molecule has 180 valence electrons. The van der Waals surface area contributed by atoms with E-state index in [1.54, 1.807) is 11.3 Å². The van der Waals surface area contributed by atoms with Gasteiger partial charge in [0.2, 0.25) is 0 Å². The number of carboxylic acids is 1. The Morgan fingerprint density at radius 3 is 1.64 bits per heavy atom. The van der Waals surface area contributed by atoms with E-state index < -0.39 is 5.97 Å². The number of ketones is 2. The van der Waals surface area contributed by atoms with Gasteiger partial charge in [0.15, 0.2) is 11.6 Å². The number of carbonyl (C=O) groups is 3. The molecule has 0 bridgehead atoms. The van der Waals surface area contributed by atoms with Gasteiger partial charge >= 0.3 is 5.97 Å². The Bertz CT molecular complexity index is 1620. The Labute approximate surface area is 216 Å². The molecular formula is C30H24O4S2. The van der Waals surface area contributed by atoms with Crippen LogP contribution in [-0.4, -0.2) is 22.6 Å². The molecule has 6 heteroatoms. The zero-order valence-corrected chi connectivity index (χ0v) is 21.4. The normalized spacial score (nSPS) is 11.2. The van der Waals surface area contributed by atoms with Crippen LogP contribution in [0.25, 0.3) is 42.4 Å². The van der Waals surface area contributed by atoms with Gasteiger partial charge in [0.05, 0.1) is 16.2 Å². The van der Waals surface area contributed by atoms with Gasteiger partial charge in [-0.05, 0) is 63.7 Å². The van der Waals surface area contributed by atoms with Gasteiger partial charge in [-0.3, -0.25) is 14.4 Å². The van der Waals surface area contributed by atoms with E-state index in [0.29, 0.717) is 11.3 Å². The lowest BCUT2D eigenvalue weighted by Crippen LogP contribution is -2.01. The van der Waals surface area contributed by atoms with Gasteiger partial charge < -0.3 is 5.11 Å². The highest BCUT2D eigenvalue weighted by Crippen LogP contribution is 2.38. The van der Waals surface area contributed by atoms with Crippen LogP contribution in [0, 0.1) is 0 Å². The molecule has 0 fully saturated rings. The van der Waals surface area contributed by atoms with Crippen LogP contribution in [0.3, 0.4) is 0 Å². The van der Waals surface area contributed by atoms with Crippen molar-refractivity contribution in [3.05, 3.63) is 82.6 Å². The smallest absolute Gasteiger partial charge is 0.303 e. The first-order valence-corrected chi connectivity index (χ1v) is 13.5. The van der Waals surface area contributed by atoms with Gasteiger partial charge in [0.25, 0.3) is 0 Å². The van der Waals surface area contributed by atoms with Gasteiger partial charge in [-0.15, -0.1) is 22.7 Å². The summed E-state index contributed by atoms with van der Waals surface area (Å²) in [6.07, 6.45) is 1.27. The molecule has 2 heterocycles. The predicted octanol–water partition coefficient (Wildman–Crippen LogP) is 8.48. The Morgan fingerprint density at radius 2 is 1.17 bits per heavy atom. The van der Waals surface area contributed by atoms with Gasteiger partial charge in [0, 0.05) is 22.2 Å². The molecular weight excluding hydrogens is 488 g/mol. The summed E-state index contributed by atoms with van der Waals surface area (Å²) in [7, 11) is 0. The molecule has 1 N–H and O–H groups in total. The SMILES string of the molecule is CCCC(=O)c1cc2ccc(-c3ccccc3-c3ccc4cc(C(=O)CCC(=O)O)sc4c3)cc2s1. The zero-order valence-electron chi connectivity index (χ0n) is 19.7. The molecule has 2 aromatic heterocycles. The second-order valence-electron chi connectivity index (χ2n) is 8.76. The first-order valence-electron chi connectivity index (χ1n) is 11.9. The first kappa shape index (κ1) is 24.1. The van der Waals surface area contributed by atoms with Crippen molar-refractivity contribution in [2.45, 2.75) is 32.6 Å². The molecule has 5 rings (SSSR count). The van der Waals surface area contributed by atoms with Crippen molar-refractivity contribution in [1.29, 1.82) is 0 Å². The molecule has 0 aliphatic heterocycles. The Balaban J connectivity index is 1.50. The maximum absolute atomic E-state index is 12.4. The summed E-state index contributed by atoms with van der Waals surface area (Å²) in [5.41, 5.74) is 4.33. The number of benzene rings is 3. The highest BCUT2D eigenvalue weighted by Gasteiger charge is 2.15. The molecule has 5 aromatic rings. The van der Waals surface area contributed by atoms with Crippen LogP contribution in [0.15, 0.2) is 72.8 Å². The number of rotatable bonds is 9. The molecule has 0 unspecified atom stereocenters. The van der Waals surface area contributed by atoms with Crippen molar-refractivity contribution in [2.75, 3.05) is 0 Å². The van der Waals surface area contributed by atoms with E-state index in [2.05, 4.69) is 42.5 Å². The van der Waals surface area contributed by atoms with Crippen molar-refractivity contribution in [3.63, 3.8) is 0 Å². The van der Waals surface area contributed by atoms with E-state index in [0.717, 1.165) is 53.7 Å². The average Bonchev–Trinajstić information content (AvgIpc) is 3.51. The average molecular weight is 513 g/mol. The standard InChI is InChI=1S/C30H24O4S2/c1-2-5-24(31)28-16-20-10-8-18(14-26(20)35-28)22-6-3-4-7-23(22)19-9-11-21-17-29(36-27(21)15-19)25(32)12-13-30(33)34/h3-4,6-11,14-17H,2,5,12-13H2,1H3,(H,33,34). The monoisotopic (exact) mass is 512 g/mol. The number of thiophene rings is 2. The highest BCUT2D eigenvalue weighted by molar-refractivity contribution is 7.21. The van der Waals surface area contributed by atoms with Crippen LogP contribution >= 0.6 is 22.7 Å². The zero-order chi connectivity index (χ0) is 25.2. The van der Waals surface area contributed by atoms with E-state index in [1.807, 2.05) is 37.3 Å². The number of hydrogen-bond acceptors (Lipinski definition) is 5. The van der Waals surface area contributed by atoms with Gasteiger partial charge in [-0.1, -0.05) is 55.5 Å². The number of hydrogen-bond donors (Lipinski definition) is 1. The molecule has 0 saturated heterocycles. The van der Waals surface area contributed by atoms with Crippen LogP contribution in [0.1, 0.15) is 52.0 Å². The molecule has 0 radical (unpaired) electrons. The maximum Gasteiger partial charge on any atom is 0.303 e. The fourth-order valence-electron chi connectivity index (χ4n) is 4.35. The van der Waals surface area contributed by atoms with Gasteiger partial charge in [-0.2, -0.15) is 0 Å². The molecule has 0 aliphatic carbocycles. The minimum Gasteiger partial charge on any atom is -0.481 e. The predicted molar refractivity (Wildman–Crippen MR) is 149 cm³/mol. The first-order chi connectivity index (χ1) is 17.4.